The number of furan rings is 1. The van der Waals surface area contributed by atoms with Gasteiger partial charge in [-0.25, -0.2) is 4.98 Å². The van der Waals surface area contributed by atoms with Crippen molar-refractivity contribution in [2.24, 2.45) is 5.10 Å². The van der Waals surface area contributed by atoms with Crippen molar-refractivity contribution in [3.63, 3.8) is 0 Å². The van der Waals surface area contributed by atoms with Gasteiger partial charge in [-0.05, 0) is 48.0 Å². The Balaban J connectivity index is 1.40. The number of non-ortho nitro benzene ring substituents is 1. The Hall–Kier alpha value is -5.77. The zero-order valence-electron chi connectivity index (χ0n) is 21.8. The fraction of sp³-hybridized carbons (Fsp3) is 0.0645. The molecule has 0 fully saturated rings. The number of nitro groups is 1. The number of benzene rings is 4. The molecule has 0 radical (unpaired) electrons. The van der Waals surface area contributed by atoms with E-state index >= 15 is 0 Å². The van der Waals surface area contributed by atoms with Crippen LogP contribution >= 0.6 is 0 Å². The predicted molar refractivity (Wildman–Crippen MR) is 155 cm³/mol. The lowest BCUT2D eigenvalue weighted by Crippen LogP contribution is -2.20. The average Bonchev–Trinajstić information content (AvgIpc) is 3.44. The number of nitro benzene ring substituents is 1. The Morgan fingerprint density at radius 2 is 1.73 bits per heavy atom. The number of para-hydroxylation sites is 2. The molecule has 202 valence electrons. The van der Waals surface area contributed by atoms with Crippen molar-refractivity contribution >= 4 is 33.8 Å². The summed E-state index contributed by atoms with van der Waals surface area (Å²) < 4.78 is 18.7. The minimum atomic E-state index is -0.449. The molecule has 0 saturated heterocycles. The van der Waals surface area contributed by atoms with Crippen molar-refractivity contribution in [3.05, 3.63) is 129 Å². The van der Waals surface area contributed by atoms with Crippen molar-refractivity contribution in [2.75, 3.05) is 7.11 Å². The summed E-state index contributed by atoms with van der Waals surface area (Å²) in [7, 11) is 1.58. The number of fused-ring (bicyclic) bond motifs is 2. The van der Waals surface area contributed by atoms with Crippen LogP contribution in [0.5, 0.6) is 11.5 Å². The second-order valence-corrected chi connectivity index (χ2v) is 9.05. The highest BCUT2D eigenvalue weighted by atomic mass is 16.6. The van der Waals surface area contributed by atoms with Crippen LogP contribution < -0.4 is 15.0 Å². The van der Waals surface area contributed by atoms with E-state index in [1.54, 1.807) is 61.7 Å². The summed E-state index contributed by atoms with van der Waals surface area (Å²) in [6.45, 7) is 0.107. The lowest BCUT2D eigenvalue weighted by atomic mass is 10.2. The number of hydrogen-bond donors (Lipinski definition) is 0. The van der Waals surface area contributed by atoms with Crippen LogP contribution in [0.4, 0.5) is 5.69 Å². The molecule has 0 aliphatic heterocycles. The summed E-state index contributed by atoms with van der Waals surface area (Å²) in [5.74, 6) is 1.68. The van der Waals surface area contributed by atoms with Crippen LogP contribution in [0.15, 0.2) is 111 Å². The summed E-state index contributed by atoms with van der Waals surface area (Å²) in [6.07, 6.45) is 1.51. The number of aromatic nitrogens is 2. The largest absolute Gasteiger partial charge is 0.496 e. The van der Waals surface area contributed by atoms with Crippen LogP contribution in [-0.4, -0.2) is 27.9 Å². The Morgan fingerprint density at radius 1 is 0.951 bits per heavy atom. The third-order valence-electron chi connectivity index (χ3n) is 6.46. The third kappa shape index (κ3) is 5.01. The molecule has 6 aromatic rings. The van der Waals surface area contributed by atoms with E-state index in [4.69, 9.17) is 18.9 Å². The quantitative estimate of drug-likeness (QED) is 0.127. The van der Waals surface area contributed by atoms with Crippen molar-refractivity contribution in [1.82, 2.24) is 9.66 Å². The van der Waals surface area contributed by atoms with Crippen molar-refractivity contribution in [3.8, 4) is 23.1 Å². The smallest absolute Gasteiger partial charge is 0.282 e. The molecule has 0 spiro atoms. The van der Waals surface area contributed by atoms with Crippen molar-refractivity contribution < 1.29 is 18.8 Å². The highest BCUT2D eigenvalue weighted by Gasteiger charge is 2.18. The van der Waals surface area contributed by atoms with Gasteiger partial charge in [-0.1, -0.05) is 42.5 Å². The molecule has 0 amide bonds. The zero-order valence-corrected chi connectivity index (χ0v) is 21.8. The van der Waals surface area contributed by atoms with Crippen molar-refractivity contribution in [2.45, 2.75) is 6.61 Å². The van der Waals surface area contributed by atoms with E-state index in [1.807, 2.05) is 30.3 Å². The maximum Gasteiger partial charge on any atom is 0.282 e. The molecule has 0 saturated carbocycles. The maximum atomic E-state index is 13.6. The number of methoxy groups -OCH3 is 1. The molecular formula is C31H22N4O6. The number of hydrogen-bond acceptors (Lipinski definition) is 8. The van der Waals surface area contributed by atoms with Gasteiger partial charge < -0.3 is 13.9 Å². The van der Waals surface area contributed by atoms with E-state index in [1.165, 1.54) is 23.0 Å². The zero-order chi connectivity index (χ0) is 28.3. The first kappa shape index (κ1) is 25.5. The van der Waals surface area contributed by atoms with Crippen molar-refractivity contribution in [1.29, 1.82) is 0 Å². The molecule has 0 aliphatic rings. The summed E-state index contributed by atoms with van der Waals surface area (Å²) >= 11 is 0. The molecule has 0 bridgehead atoms. The van der Waals surface area contributed by atoms with E-state index in [-0.39, 0.29) is 23.7 Å². The molecule has 10 heteroatoms. The minimum Gasteiger partial charge on any atom is -0.496 e. The number of nitrogens with zero attached hydrogens (tertiary/aromatic N) is 4. The van der Waals surface area contributed by atoms with E-state index in [2.05, 4.69) is 5.10 Å². The second kappa shape index (κ2) is 10.8. The summed E-state index contributed by atoms with van der Waals surface area (Å²) in [6, 6.07) is 27.7. The predicted octanol–water partition coefficient (Wildman–Crippen LogP) is 6.19. The Bertz CT molecular complexity index is 2010. The molecule has 6 rings (SSSR count). The summed E-state index contributed by atoms with van der Waals surface area (Å²) in [5.41, 5.74) is 1.94. The van der Waals surface area contributed by atoms with Gasteiger partial charge in [-0.15, -0.1) is 0 Å². The van der Waals surface area contributed by atoms with E-state index in [0.29, 0.717) is 44.9 Å². The van der Waals surface area contributed by atoms with Gasteiger partial charge in [0, 0.05) is 17.7 Å². The van der Waals surface area contributed by atoms with Crippen LogP contribution in [0.3, 0.4) is 0 Å². The first-order valence-electron chi connectivity index (χ1n) is 12.6. The second-order valence-electron chi connectivity index (χ2n) is 9.05. The standard InChI is InChI=1S/C31H22N4O6/c1-39-27-14-7-15-28-24(27)17-29(41-28)30-33-25-12-4-3-11-23(25)31(36)34(30)32-18-21-9-2-5-13-26(21)40-19-20-8-6-10-22(16-20)35(37)38/h2-18H,19H2,1H3. The SMILES string of the molecule is COc1cccc2oc(-c3nc4ccccc4c(=O)n3N=Cc3ccccc3OCc3cccc([N+](=O)[O-])c3)cc12. The van der Waals surface area contributed by atoms with Gasteiger partial charge in [-0.3, -0.25) is 14.9 Å². The van der Waals surface area contributed by atoms with Gasteiger partial charge in [-0.2, -0.15) is 9.78 Å². The topological polar surface area (TPSA) is 122 Å². The number of ether oxygens (including phenoxy) is 2. The molecule has 0 N–H and O–H groups in total. The van der Waals surface area contributed by atoms with E-state index in [9.17, 15) is 14.9 Å². The van der Waals surface area contributed by atoms with Gasteiger partial charge in [0.1, 0.15) is 23.7 Å². The normalized spacial score (nSPS) is 11.3. The summed E-state index contributed by atoms with van der Waals surface area (Å²) in [4.78, 5) is 29.0. The maximum absolute atomic E-state index is 13.6. The first-order chi connectivity index (χ1) is 20.0. The molecular weight excluding hydrogens is 524 g/mol. The van der Waals surface area contributed by atoms with Gasteiger partial charge in [0.2, 0.25) is 5.82 Å². The highest BCUT2D eigenvalue weighted by molar-refractivity contribution is 5.89. The highest BCUT2D eigenvalue weighted by Crippen LogP contribution is 2.33. The average molecular weight is 547 g/mol. The Morgan fingerprint density at radius 3 is 2.59 bits per heavy atom. The first-order valence-corrected chi connectivity index (χ1v) is 12.6. The fourth-order valence-corrected chi connectivity index (χ4v) is 4.47. The van der Waals surface area contributed by atoms with Crippen LogP contribution in [-0.2, 0) is 6.61 Å². The van der Waals surface area contributed by atoms with Gasteiger partial charge in [0.05, 0.1) is 34.5 Å². The monoisotopic (exact) mass is 546 g/mol. The third-order valence-corrected chi connectivity index (χ3v) is 6.46. The fourth-order valence-electron chi connectivity index (χ4n) is 4.47. The Labute approximate surface area is 232 Å². The molecule has 2 aromatic heterocycles. The summed E-state index contributed by atoms with van der Waals surface area (Å²) in [5, 5.41) is 16.8. The van der Waals surface area contributed by atoms with Crippen LogP contribution in [0.1, 0.15) is 11.1 Å². The van der Waals surface area contributed by atoms with E-state index < -0.39 is 4.92 Å². The minimum absolute atomic E-state index is 0.0140. The van der Waals surface area contributed by atoms with Gasteiger partial charge in [0.15, 0.2) is 5.76 Å². The van der Waals surface area contributed by atoms with Crippen LogP contribution in [0.2, 0.25) is 0 Å². The lowest BCUT2D eigenvalue weighted by Gasteiger charge is -2.10. The molecule has 2 heterocycles. The lowest BCUT2D eigenvalue weighted by molar-refractivity contribution is -0.384. The number of rotatable bonds is 8. The molecule has 41 heavy (non-hydrogen) atoms. The van der Waals surface area contributed by atoms with Crippen LogP contribution in [0.25, 0.3) is 33.5 Å². The Kier molecular flexibility index (Phi) is 6.70. The molecule has 0 aliphatic carbocycles. The van der Waals surface area contributed by atoms with Gasteiger partial charge >= 0.3 is 0 Å². The molecule has 0 unspecified atom stereocenters. The van der Waals surface area contributed by atoms with E-state index in [0.717, 1.165) is 5.39 Å². The molecule has 4 aromatic carbocycles. The molecule has 10 nitrogen and oxygen atoms in total. The van der Waals surface area contributed by atoms with Gasteiger partial charge in [0.25, 0.3) is 11.2 Å². The van der Waals surface area contributed by atoms with Crippen LogP contribution in [0, 0.1) is 10.1 Å². The molecule has 0 atom stereocenters.